The Hall–Kier alpha value is -1.52. The number of hydrogen-bond acceptors (Lipinski definition) is 2. The Kier molecular flexibility index (Phi) is 5.86. The van der Waals surface area contributed by atoms with Crippen LogP contribution < -0.4 is 5.32 Å². The van der Waals surface area contributed by atoms with Gasteiger partial charge in [0.2, 0.25) is 11.8 Å². The number of carbonyl (C=O) groups excluding carboxylic acids is 2. The quantitative estimate of drug-likeness (QED) is 0.848. The summed E-state index contributed by atoms with van der Waals surface area (Å²) in [5.41, 5.74) is 0.556. The average Bonchev–Trinajstić information content (AvgIpc) is 2.51. The number of nitrogens with zero attached hydrogens (tertiary/aromatic N) is 1. The Morgan fingerprint density at radius 2 is 2.05 bits per heavy atom. The van der Waals surface area contributed by atoms with E-state index in [0.29, 0.717) is 15.7 Å². The number of amides is 2. The molecule has 118 valence electrons. The second-order valence-electron chi connectivity index (χ2n) is 5.35. The Bertz CT molecular complexity index is 602. The molecule has 1 N–H and O–H groups in total. The Labute approximate surface area is 140 Å². The van der Waals surface area contributed by atoms with Gasteiger partial charge in [0, 0.05) is 18.7 Å². The molecule has 2 amide bonds. The lowest BCUT2D eigenvalue weighted by Gasteiger charge is -2.24. The van der Waals surface area contributed by atoms with Gasteiger partial charge in [0.1, 0.15) is 0 Å². The highest BCUT2D eigenvalue weighted by Crippen LogP contribution is 2.25. The molecule has 0 heterocycles. The molecule has 0 saturated carbocycles. The first-order valence-corrected chi connectivity index (χ1v) is 7.88. The van der Waals surface area contributed by atoms with Crippen LogP contribution in [0.1, 0.15) is 19.3 Å². The topological polar surface area (TPSA) is 49.4 Å². The minimum absolute atomic E-state index is 0.00800. The van der Waals surface area contributed by atoms with Crippen molar-refractivity contribution < 1.29 is 9.59 Å². The zero-order chi connectivity index (χ0) is 16.1. The van der Waals surface area contributed by atoms with Crippen LogP contribution >= 0.6 is 23.2 Å². The number of anilines is 1. The summed E-state index contributed by atoms with van der Waals surface area (Å²) in [5.74, 6) is -0.276. The number of allylic oxidation sites excluding steroid dienone is 2. The smallest absolute Gasteiger partial charge is 0.243 e. The van der Waals surface area contributed by atoms with Gasteiger partial charge in [-0.05, 0) is 37.5 Å². The first kappa shape index (κ1) is 16.8. The average molecular weight is 341 g/mol. The summed E-state index contributed by atoms with van der Waals surface area (Å²) in [7, 11) is 1.65. The van der Waals surface area contributed by atoms with E-state index in [9.17, 15) is 9.59 Å². The fourth-order valence-corrected chi connectivity index (χ4v) is 2.70. The Morgan fingerprint density at radius 1 is 1.27 bits per heavy atom. The van der Waals surface area contributed by atoms with E-state index in [4.69, 9.17) is 23.2 Å². The fourth-order valence-electron chi connectivity index (χ4n) is 2.40. The maximum atomic E-state index is 12.3. The number of rotatable bonds is 4. The van der Waals surface area contributed by atoms with E-state index in [1.165, 1.54) is 4.90 Å². The zero-order valence-electron chi connectivity index (χ0n) is 12.3. The van der Waals surface area contributed by atoms with Crippen molar-refractivity contribution in [1.82, 2.24) is 4.90 Å². The number of hydrogen-bond donors (Lipinski definition) is 1. The molecule has 0 saturated heterocycles. The van der Waals surface area contributed by atoms with E-state index < -0.39 is 0 Å². The zero-order valence-corrected chi connectivity index (χ0v) is 13.8. The molecule has 22 heavy (non-hydrogen) atoms. The maximum absolute atomic E-state index is 12.3. The maximum Gasteiger partial charge on any atom is 0.243 e. The summed E-state index contributed by atoms with van der Waals surface area (Å²) in [6.07, 6.45) is 6.61. The van der Waals surface area contributed by atoms with Gasteiger partial charge in [-0.2, -0.15) is 0 Å². The highest BCUT2D eigenvalue weighted by molar-refractivity contribution is 6.42. The van der Waals surface area contributed by atoms with Crippen LogP contribution in [-0.2, 0) is 9.59 Å². The third-order valence-corrected chi connectivity index (χ3v) is 4.32. The molecule has 1 aromatic rings. The second-order valence-corrected chi connectivity index (χ2v) is 6.17. The van der Waals surface area contributed by atoms with Crippen molar-refractivity contribution in [3.63, 3.8) is 0 Å². The van der Waals surface area contributed by atoms with Crippen LogP contribution in [0.2, 0.25) is 10.0 Å². The molecule has 0 bridgehead atoms. The molecule has 0 aromatic heterocycles. The molecule has 1 aromatic carbocycles. The van der Waals surface area contributed by atoms with Crippen molar-refractivity contribution >= 4 is 40.7 Å². The molecular weight excluding hydrogens is 323 g/mol. The molecule has 0 radical (unpaired) electrons. The highest BCUT2D eigenvalue weighted by atomic mass is 35.5. The summed E-state index contributed by atoms with van der Waals surface area (Å²) in [6.45, 7) is 0.0132. The van der Waals surface area contributed by atoms with Crippen LogP contribution in [0.5, 0.6) is 0 Å². The van der Waals surface area contributed by atoms with Gasteiger partial charge in [-0.1, -0.05) is 35.4 Å². The lowest BCUT2D eigenvalue weighted by Crippen LogP contribution is -2.38. The largest absolute Gasteiger partial charge is 0.336 e. The van der Waals surface area contributed by atoms with Gasteiger partial charge in [-0.15, -0.1) is 0 Å². The molecule has 1 unspecified atom stereocenters. The van der Waals surface area contributed by atoms with Crippen LogP contribution in [-0.4, -0.2) is 30.3 Å². The van der Waals surface area contributed by atoms with E-state index in [1.807, 2.05) is 6.08 Å². The van der Waals surface area contributed by atoms with E-state index >= 15 is 0 Å². The highest BCUT2D eigenvalue weighted by Gasteiger charge is 2.23. The molecule has 1 aliphatic rings. The van der Waals surface area contributed by atoms with E-state index in [1.54, 1.807) is 25.2 Å². The first-order valence-electron chi connectivity index (χ1n) is 7.12. The van der Waals surface area contributed by atoms with Gasteiger partial charge >= 0.3 is 0 Å². The standard InChI is InChI=1S/C16H18Cl2N2O2/c1-20(16(22)11-5-3-2-4-6-11)10-15(21)19-12-7-8-13(17)14(18)9-12/h2-3,7-9,11H,4-6,10H2,1H3,(H,19,21). The number of nitrogens with one attached hydrogen (secondary N) is 1. The van der Waals surface area contributed by atoms with Crippen molar-refractivity contribution in [1.29, 1.82) is 0 Å². The normalized spacial score (nSPS) is 17.1. The summed E-state index contributed by atoms with van der Waals surface area (Å²) in [6, 6.07) is 4.86. The third kappa shape index (κ3) is 4.49. The minimum atomic E-state index is -0.263. The lowest BCUT2D eigenvalue weighted by atomic mass is 9.93. The van der Waals surface area contributed by atoms with Gasteiger partial charge in [0.15, 0.2) is 0 Å². The van der Waals surface area contributed by atoms with Crippen molar-refractivity contribution in [2.45, 2.75) is 19.3 Å². The van der Waals surface area contributed by atoms with Crippen molar-refractivity contribution in [2.75, 3.05) is 18.9 Å². The summed E-state index contributed by atoms with van der Waals surface area (Å²) in [5, 5.41) is 3.51. The minimum Gasteiger partial charge on any atom is -0.336 e. The molecule has 0 aliphatic heterocycles. The van der Waals surface area contributed by atoms with Gasteiger partial charge in [0.05, 0.1) is 16.6 Å². The molecule has 4 nitrogen and oxygen atoms in total. The van der Waals surface area contributed by atoms with Gasteiger partial charge in [-0.3, -0.25) is 9.59 Å². The number of halogens is 2. The van der Waals surface area contributed by atoms with Crippen LogP contribution in [0.3, 0.4) is 0 Å². The molecule has 0 spiro atoms. The van der Waals surface area contributed by atoms with Gasteiger partial charge < -0.3 is 10.2 Å². The molecule has 0 fully saturated rings. The third-order valence-electron chi connectivity index (χ3n) is 3.58. The predicted octanol–water partition coefficient (Wildman–Crippen LogP) is 3.75. The van der Waals surface area contributed by atoms with Crippen LogP contribution in [0.15, 0.2) is 30.4 Å². The van der Waals surface area contributed by atoms with Crippen molar-refractivity contribution in [3.05, 3.63) is 40.4 Å². The van der Waals surface area contributed by atoms with Crippen LogP contribution in [0.25, 0.3) is 0 Å². The predicted molar refractivity (Wildman–Crippen MR) is 89.2 cm³/mol. The van der Waals surface area contributed by atoms with E-state index in [2.05, 4.69) is 11.4 Å². The summed E-state index contributed by atoms with van der Waals surface area (Å²) in [4.78, 5) is 25.7. The van der Waals surface area contributed by atoms with Crippen molar-refractivity contribution in [3.8, 4) is 0 Å². The molecular formula is C16H18Cl2N2O2. The monoisotopic (exact) mass is 340 g/mol. The molecule has 1 aliphatic carbocycles. The van der Waals surface area contributed by atoms with Crippen molar-refractivity contribution in [2.24, 2.45) is 5.92 Å². The number of carbonyl (C=O) groups is 2. The fraction of sp³-hybridized carbons (Fsp3) is 0.375. The number of likely N-dealkylation sites (N-methyl/N-ethyl adjacent to an activating group) is 1. The van der Waals surface area contributed by atoms with Gasteiger partial charge in [0.25, 0.3) is 0 Å². The molecule has 1 atom stereocenters. The number of benzene rings is 1. The van der Waals surface area contributed by atoms with Crippen LogP contribution in [0.4, 0.5) is 5.69 Å². The first-order chi connectivity index (χ1) is 10.5. The van der Waals surface area contributed by atoms with Gasteiger partial charge in [-0.25, -0.2) is 0 Å². The lowest BCUT2D eigenvalue weighted by molar-refractivity contribution is -0.137. The second kappa shape index (κ2) is 7.65. The molecule has 2 rings (SSSR count). The SMILES string of the molecule is CN(CC(=O)Nc1ccc(Cl)c(Cl)c1)C(=O)C1CC=CCC1. The van der Waals surface area contributed by atoms with E-state index in [0.717, 1.165) is 19.3 Å². The molecule has 6 heteroatoms. The van der Waals surface area contributed by atoms with E-state index in [-0.39, 0.29) is 24.3 Å². The Balaban J connectivity index is 1.89. The van der Waals surface area contributed by atoms with Crippen LogP contribution in [0, 0.1) is 5.92 Å². The Morgan fingerprint density at radius 3 is 2.68 bits per heavy atom. The summed E-state index contributed by atoms with van der Waals surface area (Å²) >= 11 is 11.7. The summed E-state index contributed by atoms with van der Waals surface area (Å²) < 4.78 is 0.